The lowest BCUT2D eigenvalue weighted by atomic mass is 9.71. The summed E-state index contributed by atoms with van der Waals surface area (Å²) in [5.74, 6) is 4.51. The number of hydrogen-bond acceptors (Lipinski definition) is 6. The fourth-order valence-corrected chi connectivity index (χ4v) is 9.66. The SMILES string of the molecule is C1=CB2N(C=C1)c1ccccc1N2c1ccc(N(c2ccccc2)c2ccc(-c3ccc(N(c4ccccc4)c4ccc(N5B6C=CC=CN6c6ccccc65)cc4)cc3)cc2)cc1. The maximum Gasteiger partial charge on any atom is 0.412 e. The highest BCUT2D eigenvalue weighted by Crippen LogP contribution is 2.47. The zero-order chi connectivity index (χ0) is 42.4. The number of fused-ring (bicyclic) bond motifs is 6. The van der Waals surface area contributed by atoms with Gasteiger partial charge in [-0.2, -0.15) is 0 Å². The Morgan fingerprint density at radius 3 is 0.969 bits per heavy atom. The molecular weight excluding hydrogens is 778 g/mol. The molecule has 8 aromatic rings. The van der Waals surface area contributed by atoms with Crippen LogP contribution in [-0.4, -0.2) is 14.0 Å². The summed E-state index contributed by atoms with van der Waals surface area (Å²) in [7, 11) is 0. The summed E-state index contributed by atoms with van der Waals surface area (Å²) < 4.78 is 0. The molecule has 302 valence electrons. The molecule has 0 N–H and O–H groups in total. The summed E-state index contributed by atoms with van der Waals surface area (Å²) in [6.07, 6.45) is 12.8. The van der Waals surface area contributed by atoms with Crippen molar-refractivity contribution in [2.75, 3.05) is 29.0 Å². The third kappa shape index (κ3) is 6.47. The van der Waals surface area contributed by atoms with E-state index in [1.165, 1.54) is 22.7 Å². The third-order valence-corrected chi connectivity index (χ3v) is 12.6. The van der Waals surface area contributed by atoms with E-state index < -0.39 is 0 Å². The lowest BCUT2D eigenvalue weighted by Crippen LogP contribution is -2.42. The average Bonchev–Trinajstić information content (AvgIpc) is 3.89. The van der Waals surface area contributed by atoms with Crippen LogP contribution in [0.3, 0.4) is 0 Å². The molecule has 0 aliphatic carbocycles. The Morgan fingerprint density at radius 1 is 0.281 bits per heavy atom. The molecule has 0 spiro atoms. The first kappa shape index (κ1) is 37.4. The molecule has 12 rings (SSSR count). The van der Waals surface area contributed by atoms with Gasteiger partial charge in [0.1, 0.15) is 0 Å². The van der Waals surface area contributed by atoms with Crippen molar-refractivity contribution >= 4 is 82.2 Å². The van der Waals surface area contributed by atoms with Crippen LogP contribution in [0.15, 0.2) is 255 Å². The Morgan fingerprint density at radius 2 is 0.594 bits per heavy atom. The lowest BCUT2D eigenvalue weighted by molar-refractivity contribution is 1.27. The molecule has 6 nitrogen and oxygen atoms in total. The molecule has 4 aliphatic heterocycles. The fraction of sp³-hybridized carbons (Fsp3) is 0. The van der Waals surface area contributed by atoms with Crippen molar-refractivity contribution in [1.82, 2.24) is 0 Å². The second-order valence-electron chi connectivity index (χ2n) is 16.3. The number of allylic oxidation sites excluding steroid dienone is 4. The van der Waals surface area contributed by atoms with Crippen molar-refractivity contribution in [3.63, 3.8) is 0 Å². The van der Waals surface area contributed by atoms with Gasteiger partial charge in [0, 0.05) is 45.5 Å². The highest BCUT2D eigenvalue weighted by atomic mass is 15.3. The average molecular weight is 821 g/mol. The molecule has 8 heteroatoms. The molecule has 0 saturated heterocycles. The van der Waals surface area contributed by atoms with Gasteiger partial charge < -0.3 is 29.0 Å². The molecule has 0 amide bonds. The Balaban J connectivity index is 0.821. The van der Waals surface area contributed by atoms with Gasteiger partial charge in [0.2, 0.25) is 0 Å². The zero-order valence-electron chi connectivity index (χ0n) is 35.1. The summed E-state index contributed by atoms with van der Waals surface area (Å²) in [6.45, 7) is 0.206. The standard InChI is InChI=1S/C56H42B2N6/c1-3-15-45(16-4-1)61(49-31-35-51(36-32-49)63-55-21-9-7-19-53(55)59-41-13-11-39-57(59)63)47-27-23-43(24-28-47)44-25-29-48(30-26-44)62(46-17-5-2-6-18-46)50-33-37-52(38-34-50)64-56-22-10-8-20-54(56)60-42-14-12-40-58(60)64/h1-42H. The van der Waals surface area contributed by atoms with E-state index in [0.29, 0.717) is 0 Å². The van der Waals surface area contributed by atoms with E-state index in [1.807, 2.05) is 0 Å². The van der Waals surface area contributed by atoms with Gasteiger partial charge in [-0.1, -0.05) is 109 Å². The smallest absolute Gasteiger partial charge is 0.367 e. The van der Waals surface area contributed by atoms with Crippen LogP contribution in [0.5, 0.6) is 0 Å². The quantitative estimate of drug-likeness (QED) is 0.134. The van der Waals surface area contributed by atoms with E-state index in [1.54, 1.807) is 0 Å². The summed E-state index contributed by atoms with van der Waals surface area (Å²) in [5, 5.41) is 0. The van der Waals surface area contributed by atoms with Crippen molar-refractivity contribution in [3.05, 3.63) is 255 Å². The minimum absolute atomic E-state index is 0.103. The summed E-state index contributed by atoms with van der Waals surface area (Å²) in [4.78, 5) is 14.1. The van der Waals surface area contributed by atoms with Crippen molar-refractivity contribution in [3.8, 4) is 11.1 Å². The fourth-order valence-electron chi connectivity index (χ4n) is 9.66. The van der Waals surface area contributed by atoms with E-state index in [-0.39, 0.29) is 14.0 Å². The normalized spacial score (nSPS) is 14.1. The topological polar surface area (TPSA) is 19.4 Å². The molecular formula is C56H42B2N6. The Bertz CT molecular complexity index is 2870. The molecule has 0 bridgehead atoms. The molecule has 0 radical (unpaired) electrons. The number of nitrogens with zero attached hydrogens (tertiary/aromatic N) is 6. The Kier molecular flexibility index (Phi) is 9.26. The van der Waals surface area contributed by atoms with E-state index in [4.69, 9.17) is 0 Å². The maximum absolute atomic E-state index is 2.41. The van der Waals surface area contributed by atoms with Crippen LogP contribution in [0.1, 0.15) is 0 Å². The summed E-state index contributed by atoms with van der Waals surface area (Å²) in [6, 6.07) is 74.3. The lowest BCUT2D eigenvalue weighted by Gasteiger charge is -2.29. The van der Waals surface area contributed by atoms with Gasteiger partial charge in [0.15, 0.2) is 0 Å². The number of para-hydroxylation sites is 6. The minimum Gasteiger partial charge on any atom is -0.367 e. The van der Waals surface area contributed by atoms with Crippen LogP contribution in [0.2, 0.25) is 0 Å². The van der Waals surface area contributed by atoms with Crippen LogP contribution < -0.4 is 29.0 Å². The second kappa shape index (κ2) is 15.8. The number of anilines is 12. The van der Waals surface area contributed by atoms with Gasteiger partial charge in [-0.25, -0.2) is 0 Å². The first-order valence-corrected chi connectivity index (χ1v) is 21.9. The zero-order valence-corrected chi connectivity index (χ0v) is 35.1. The third-order valence-electron chi connectivity index (χ3n) is 12.6. The number of hydrogen-bond donors (Lipinski definition) is 0. The summed E-state index contributed by atoms with van der Waals surface area (Å²) >= 11 is 0. The van der Waals surface area contributed by atoms with Gasteiger partial charge in [-0.05, 0) is 157 Å². The Hall–Kier alpha value is -8.35. The first-order chi connectivity index (χ1) is 31.8. The highest BCUT2D eigenvalue weighted by Gasteiger charge is 2.40. The van der Waals surface area contributed by atoms with E-state index in [2.05, 4.69) is 284 Å². The molecule has 0 saturated carbocycles. The molecule has 64 heavy (non-hydrogen) atoms. The van der Waals surface area contributed by atoms with E-state index >= 15 is 0 Å². The van der Waals surface area contributed by atoms with Crippen molar-refractivity contribution < 1.29 is 0 Å². The van der Waals surface area contributed by atoms with Gasteiger partial charge in [-0.15, -0.1) is 0 Å². The Labute approximate surface area is 375 Å². The predicted octanol–water partition coefficient (Wildman–Crippen LogP) is 14.4. The first-order valence-electron chi connectivity index (χ1n) is 21.9. The van der Waals surface area contributed by atoms with Crippen LogP contribution in [0, 0.1) is 0 Å². The molecule has 8 aromatic carbocycles. The van der Waals surface area contributed by atoms with Gasteiger partial charge in [0.05, 0.1) is 22.7 Å². The maximum atomic E-state index is 2.41. The highest BCUT2D eigenvalue weighted by molar-refractivity contribution is 6.77. The molecule has 0 aromatic heterocycles. The number of benzene rings is 8. The van der Waals surface area contributed by atoms with Gasteiger partial charge in [-0.3, -0.25) is 0 Å². The van der Waals surface area contributed by atoms with Gasteiger partial charge >= 0.3 is 14.0 Å². The monoisotopic (exact) mass is 820 g/mol. The summed E-state index contributed by atoms with van der Waals surface area (Å²) in [5.41, 5.74) is 16.1. The second-order valence-corrected chi connectivity index (χ2v) is 16.3. The molecule has 0 atom stereocenters. The minimum atomic E-state index is 0.103. The van der Waals surface area contributed by atoms with Crippen LogP contribution in [-0.2, 0) is 0 Å². The molecule has 0 unspecified atom stereocenters. The number of rotatable bonds is 9. The van der Waals surface area contributed by atoms with E-state index in [9.17, 15) is 0 Å². The molecule has 0 fully saturated rings. The van der Waals surface area contributed by atoms with Crippen LogP contribution >= 0.6 is 0 Å². The van der Waals surface area contributed by atoms with Crippen molar-refractivity contribution in [2.45, 2.75) is 0 Å². The van der Waals surface area contributed by atoms with Crippen molar-refractivity contribution in [1.29, 1.82) is 0 Å². The molecule has 4 aliphatic rings. The largest absolute Gasteiger partial charge is 0.412 e. The van der Waals surface area contributed by atoms with E-state index in [0.717, 1.165) is 56.6 Å². The van der Waals surface area contributed by atoms with Crippen LogP contribution in [0.4, 0.5) is 68.2 Å². The van der Waals surface area contributed by atoms with Gasteiger partial charge in [0.25, 0.3) is 0 Å². The van der Waals surface area contributed by atoms with Crippen LogP contribution in [0.25, 0.3) is 11.1 Å². The molecule has 4 heterocycles. The van der Waals surface area contributed by atoms with Crippen molar-refractivity contribution in [2.24, 2.45) is 0 Å². The predicted molar refractivity (Wildman–Crippen MR) is 271 cm³/mol.